The molecule has 0 aliphatic rings. The van der Waals surface area contributed by atoms with E-state index in [1.54, 1.807) is 30.3 Å². The second-order valence-corrected chi connectivity index (χ2v) is 5.18. The zero-order valence-electron chi connectivity index (χ0n) is 11.1. The Labute approximate surface area is 125 Å². The maximum atomic E-state index is 13.6. The average molecular weight is 343 g/mol. The van der Waals surface area contributed by atoms with Gasteiger partial charge in [-0.1, -0.05) is 15.9 Å². The molecular formula is C13H16BrFN4O. The molecule has 7 heteroatoms. The van der Waals surface area contributed by atoms with Crippen molar-refractivity contribution in [3.05, 3.63) is 46.2 Å². The number of rotatable bonds is 7. The summed E-state index contributed by atoms with van der Waals surface area (Å²) in [6.45, 7) is 2.31. The van der Waals surface area contributed by atoms with E-state index in [9.17, 15) is 4.39 Å². The highest BCUT2D eigenvalue weighted by Crippen LogP contribution is 2.16. The van der Waals surface area contributed by atoms with Crippen LogP contribution in [0, 0.1) is 5.82 Å². The summed E-state index contributed by atoms with van der Waals surface area (Å²) in [5.74, 6) is 0.431. The van der Waals surface area contributed by atoms with Crippen LogP contribution in [-0.2, 0) is 17.8 Å². The molecular weight excluding hydrogens is 327 g/mol. The Morgan fingerprint density at radius 1 is 1.45 bits per heavy atom. The summed E-state index contributed by atoms with van der Waals surface area (Å²) in [6.07, 6.45) is 1.60. The molecule has 0 aliphatic heterocycles. The lowest BCUT2D eigenvalue weighted by molar-refractivity contribution is 0.199. The van der Waals surface area contributed by atoms with Gasteiger partial charge >= 0.3 is 0 Å². The van der Waals surface area contributed by atoms with Crippen LogP contribution >= 0.6 is 15.9 Å². The maximum absolute atomic E-state index is 13.6. The van der Waals surface area contributed by atoms with Crippen molar-refractivity contribution in [1.29, 1.82) is 0 Å². The van der Waals surface area contributed by atoms with Gasteiger partial charge in [-0.3, -0.25) is 0 Å². The number of benzene rings is 1. The van der Waals surface area contributed by atoms with Crippen LogP contribution < -0.4 is 5.32 Å². The van der Waals surface area contributed by atoms with E-state index in [4.69, 9.17) is 4.74 Å². The average Bonchev–Trinajstić information content (AvgIpc) is 2.87. The lowest BCUT2D eigenvalue weighted by Gasteiger charge is -2.04. The molecule has 1 heterocycles. The van der Waals surface area contributed by atoms with Crippen molar-refractivity contribution in [1.82, 2.24) is 20.1 Å². The first-order valence-electron chi connectivity index (χ1n) is 6.21. The van der Waals surface area contributed by atoms with Gasteiger partial charge in [0.15, 0.2) is 5.82 Å². The summed E-state index contributed by atoms with van der Waals surface area (Å²) in [6, 6.07) is 4.85. The fourth-order valence-electron chi connectivity index (χ4n) is 1.70. The Bertz CT molecular complexity index is 561. The lowest BCUT2D eigenvalue weighted by atomic mass is 10.2. The fraction of sp³-hybridized carbons (Fsp3) is 0.385. The molecule has 0 radical (unpaired) electrons. The Kier molecular flexibility index (Phi) is 5.63. The predicted molar refractivity (Wildman–Crippen MR) is 76.8 cm³/mol. The number of nitrogens with one attached hydrogen (secondary N) is 1. The van der Waals surface area contributed by atoms with Crippen molar-refractivity contribution in [3.8, 4) is 0 Å². The van der Waals surface area contributed by atoms with Gasteiger partial charge in [0.1, 0.15) is 12.1 Å². The largest absolute Gasteiger partial charge is 0.383 e. The summed E-state index contributed by atoms with van der Waals surface area (Å²) in [5, 5.41) is 7.45. The summed E-state index contributed by atoms with van der Waals surface area (Å²) in [7, 11) is 1.65. The van der Waals surface area contributed by atoms with E-state index >= 15 is 0 Å². The zero-order valence-corrected chi connectivity index (χ0v) is 12.7. The highest BCUT2D eigenvalue weighted by molar-refractivity contribution is 9.10. The van der Waals surface area contributed by atoms with Crippen LogP contribution in [0.1, 0.15) is 11.4 Å². The normalized spacial score (nSPS) is 10.9. The number of nitrogens with zero attached hydrogens (tertiary/aromatic N) is 3. The molecule has 2 rings (SSSR count). The molecule has 1 aromatic heterocycles. The monoisotopic (exact) mass is 342 g/mol. The van der Waals surface area contributed by atoms with Gasteiger partial charge < -0.3 is 10.1 Å². The van der Waals surface area contributed by atoms with E-state index in [1.165, 1.54) is 6.07 Å². The minimum Gasteiger partial charge on any atom is -0.383 e. The predicted octanol–water partition coefficient (Wildman–Crippen LogP) is 1.96. The maximum Gasteiger partial charge on any atom is 0.164 e. The summed E-state index contributed by atoms with van der Waals surface area (Å²) in [4.78, 5) is 4.18. The first-order valence-corrected chi connectivity index (χ1v) is 7.00. The quantitative estimate of drug-likeness (QED) is 0.781. The first kappa shape index (κ1) is 15.1. The molecule has 0 fully saturated rings. The van der Waals surface area contributed by atoms with Gasteiger partial charge in [-0.2, -0.15) is 5.10 Å². The number of hydrogen-bond donors (Lipinski definition) is 1. The van der Waals surface area contributed by atoms with Crippen molar-refractivity contribution in [2.45, 2.75) is 13.1 Å². The van der Waals surface area contributed by atoms with Crippen LogP contribution in [0.4, 0.5) is 4.39 Å². The summed E-state index contributed by atoms with van der Waals surface area (Å²) >= 11 is 3.33. The van der Waals surface area contributed by atoms with Crippen LogP contribution in [-0.4, -0.2) is 35.0 Å². The van der Waals surface area contributed by atoms with Crippen LogP contribution in [0.3, 0.4) is 0 Å². The van der Waals surface area contributed by atoms with Crippen LogP contribution in [0.25, 0.3) is 0 Å². The Morgan fingerprint density at radius 3 is 3.10 bits per heavy atom. The Balaban J connectivity index is 1.93. The fourth-order valence-corrected chi connectivity index (χ4v) is 2.11. The van der Waals surface area contributed by atoms with Gasteiger partial charge in [0.25, 0.3) is 0 Å². The van der Waals surface area contributed by atoms with Gasteiger partial charge in [0, 0.05) is 23.7 Å². The molecule has 108 valence electrons. The van der Waals surface area contributed by atoms with E-state index in [-0.39, 0.29) is 5.82 Å². The molecule has 20 heavy (non-hydrogen) atoms. The summed E-state index contributed by atoms with van der Waals surface area (Å²) in [5.41, 5.74) is 0.572. The molecule has 1 aromatic carbocycles. The second kappa shape index (κ2) is 7.47. The number of aromatic nitrogens is 3. The second-order valence-electron chi connectivity index (χ2n) is 4.26. The molecule has 0 unspecified atom stereocenters. The number of halogens is 2. The van der Waals surface area contributed by atoms with Crippen LogP contribution in [0.2, 0.25) is 0 Å². The minimum atomic E-state index is -0.247. The number of methoxy groups -OCH3 is 1. The molecule has 0 bridgehead atoms. The first-order chi connectivity index (χ1) is 9.69. The standard InChI is InChI=1S/C13H16BrFN4O/c1-20-5-4-16-7-13-17-9-19(18-13)8-10-6-11(14)2-3-12(10)15/h2-3,6,9,16H,4-5,7-8H2,1H3. The Hall–Kier alpha value is -1.31. The minimum absolute atomic E-state index is 0.247. The van der Waals surface area contributed by atoms with E-state index in [0.717, 1.165) is 11.0 Å². The third-order valence-corrected chi connectivity index (χ3v) is 3.18. The third kappa shape index (κ3) is 4.36. The highest BCUT2D eigenvalue weighted by Gasteiger charge is 2.06. The molecule has 0 saturated carbocycles. The smallest absolute Gasteiger partial charge is 0.164 e. The van der Waals surface area contributed by atoms with E-state index in [0.29, 0.717) is 31.1 Å². The zero-order chi connectivity index (χ0) is 14.4. The highest BCUT2D eigenvalue weighted by atomic mass is 79.9. The van der Waals surface area contributed by atoms with Crippen LogP contribution in [0.15, 0.2) is 29.0 Å². The molecule has 0 aliphatic carbocycles. The lowest BCUT2D eigenvalue weighted by Crippen LogP contribution is -2.19. The van der Waals surface area contributed by atoms with Gasteiger partial charge in [0.2, 0.25) is 0 Å². The Morgan fingerprint density at radius 2 is 2.30 bits per heavy atom. The molecule has 0 spiro atoms. The van der Waals surface area contributed by atoms with Gasteiger partial charge in [-0.25, -0.2) is 14.1 Å². The molecule has 2 aromatic rings. The molecule has 0 amide bonds. The number of hydrogen-bond acceptors (Lipinski definition) is 4. The van der Waals surface area contributed by atoms with Crippen molar-refractivity contribution in [2.75, 3.05) is 20.3 Å². The van der Waals surface area contributed by atoms with Crippen molar-refractivity contribution < 1.29 is 9.13 Å². The van der Waals surface area contributed by atoms with Gasteiger partial charge in [0.05, 0.1) is 19.7 Å². The molecule has 0 saturated heterocycles. The molecule has 1 N–H and O–H groups in total. The van der Waals surface area contributed by atoms with E-state index < -0.39 is 0 Å². The van der Waals surface area contributed by atoms with Crippen molar-refractivity contribution >= 4 is 15.9 Å². The van der Waals surface area contributed by atoms with Gasteiger partial charge in [-0.05, 0) is 18.2 Å². The van der Waals surface area contributed by atoms with Crippen LogP contribution in [0.5, 0.6) is 0 Å². The van der Waals surface area contributed by atoms with E-state index in [1.807, 2.05) is 0 Å². The van der Waals surface area contributed by atoms with E-state index in [2.05, 4.69) is 31.3 Å². The topological polar surface area (TPSA) is 52.0 Å². The number of ether oxygens (including phenoxy) is 1. The van der Waals surface area contributed by atoms with Crippen molar-refractivity contribution in [2.24, 2.45) is 0 Å². The third-order valence-electron chi connectivity index (χ3n) is 2.69. The van der Waals surface area contributed by atoms with Crippen molar-refractivity contribution in [3.63, 3.8) is 0 Å². The molecule has 0 atom stereocenters. The van der Waals surface area contributed by atoms with Gasteiger partial charge in [-0.15, -0.1) is 0 Å². The summed E-state index contributed by atoms with van der Waals surface area (Å²) < 4.78 is 21.0. The SMILES string of the molecule is COCCNCc1ncn(Cc2cc(Br)ccc2F)n1. The molecule has 5 nitrogen and oxygen atoms in total.